The highest BCUT2D eigenvalue weighted by Crippen LogP contribution is 2.33. The number of rotatable bonds is 2. The molecular weight excluding hydrogens is 283 g/mol. The Kier molecular flexibility index (Phi) is 3.26. The number of aryl methyl sites for hydroxylation is 1. The van der Waals surface area contributed by atoms with Gasteiger partial charge in [0.2, 0.25) is 0 Å². The van der Waals surface area contributed by atoms with Crippen LogP contribution in [0.3, 0.4) is 0 Å². The summed E-state index contributed by atoms with van der Waals surface area (Å²) in [6.45, 7) is -0.923. The second-order valence-electron chi connectivity index (χ2n) is 3.93. The molecule has 0 fully saturated rings. The van der Waals surface area contributed by atoms with Crippen LogP contribution in [0.1, 0.15) is 23.6 Å². The van der Waals surface area contributed by atoms with Crippen molar-refractivity contribution < 1.29 is 13.2 Å². The minimum Gasteiger partial charge on any atom is -0.302 e. The molecule has 0 aromatic heterocycles. The predicted molar refractivity (Wildman–Crippen MR) is 59.3 cm³/mol. The Morgan fingerprint density at radius 3 is 2.81 bits per heavy atom. The first-order chi connectivity index (χ1) is 7.46. The zero-order chi connectivity index (χ0) is 11.8. The molecule has 5 heteroatoms. The second kappa shape index (κ2) is 4.37. The normalized spacial score (nSPS) is 19.9. The van der Waals surface area contributed by atoms with Crippen LogP contribution in [0.4, 0.5) is 13.2 Å². The van der Waals surface area contributed by atoms with Gasteiger partial charge in [-0.1, -0.05) is 22.0 Å². The van der Waals surface area contributed by atoms with E-state index in [1.54, 1.807) is 0 Å². The highest BCUT2D eigenvalue weighted by atomic mass is 79.9. The zero-order valence-corrected chi connectivity index (χ0v) is 10.0. The molecule has 0 spiro atoms. The molecule has 1 nitrogen and oxygen atoms in total. The van der Waals surface area contributed by atoms with E-state index in [4.69, 9.17) is 0 Å². The van der Waals surface area contributed by atoms with Gasteiger partial charge in [-0.05, 0) is 36.1 Å². The van der Waals surface area contributed by atoms with Crippen molar-refractivity contribution in [2.75, 3.05) is 6.54 Å². The van der Waals surface area contributed by atoms with Gasteiger partial charge >= 0.3 is 6.18 Å². The van der Waals surface area contributed by atoms with Crippen LogP contribution in [0.5, 0.6) is 0 Å². The third-order valence-corrected chi connectivity index (χ3v) is 3.22. The minimum absolute atomic E-state index is 0.162. The molecule has 1 aromatic rings. The van der Waals surface area contributed by atoms with Crippen molar-refractivity contribution in [1.29, 1.82) is 0 Å². The number of halogens is 4. The van der Waals surface area contributed by atoms with Crippen LogP contribution in [-0.2, 0) is 6.42 Å². The monoisotopic (exact) mass is 293 g/mol. The highest BCUT2D eigenvalue weighted by molar-refractivity contribution is 9.10. The number of alkyl halides is 3. The van der Waals surface area contributed by atoms with Crippen LogP contribution in [0.15, 0.2) is 22.7 Å². The van der Waals surface area contributed by atoms with Gasteiger partial charge in [-0.3, -0.25) is 0 Å². The van der Waals surface area contributed by atoms with Crippen LogP contribution < -0.4 is 5.32 Å². The molecule has 0 heterocycles. The van der Waals surface area contributed by atoms with E-state index in [2.05, 4.69) is 21.2 Å². The lowest BCUT2D eigenvalue weighted by Gasteiger charge is -2.15. The minimum atomic E-state index is -4.14. The maximum atomic E-state index is 12.1. The van der Waals surface area contributed by atoms with Gasteiger partial charge in [0.05, 0.1) is 6.54 Å². The SMILES string of the molecule is FC(F)(F)CNC1CCc2cc(Br)ccc21. The van der Waals surface area contributed by atoms with Crippen molar-refractivity contribution in [3.8, 4) is 0 Å². The molecule has 0 saturated heterocycles. The second-order valence-corrected chi connectivity index (χ2v) is 4.85. The average molecular weight is 294 g/mol. The van der Waals surface area contributed by atoms with E-state index in [0.717, 1.165) is 28.4 Å². The fourth-order valence-electron chi connectivity index (χ4n) is 2.04. The van der Waals surface area contributed by atoms with Crippen molar-refractivity contribution >= 4 is 15.9 Å². The third kappa shape index (κ3) is 2.77. The van der Waals surface area contributed by atoms with Crippen molar-refractivity contribution in [1.82, 2.24) is 5.32 Å². The molecule has 1 aromatic carbocycles. The summed E-state index contributed by atoms with van der Waals surface area (Å²) in [5.41, 5.74) is 2.13. The number of hydrogen-bond acceptors (Lipinski definition) is 1. The largest absolute Gasteiger partial charge is 0.401 e. The summed E-state index contributed by atoms with van der Waals surface area (Å²) >= 11 is 3.36. The fraction of sp³-hybridized carbons (Fsp3) is 0.455. The number of nitrogens with one attached hydrogen (secondary N) is 1. The Hall–Kier alpha value is -0.550. The number of hydrogen-bond donors (Lipinski definition) is 1. The maximum Gasteiger partial charge on any atom is 0.401 e. The molecule has 0 radical (unpaired) electrons. The summed E-state index contributed by atoms with van der Waals surface area (Å²) in [5.74, 6) is 0. The van der Waals surface area contributed by atoms with E-state index in [1.807, 2.05) is 18.2 Å². The molecule has 16 heavy (non-hydrogen) atoms. The molecule has 1 atom stereocenters. The zero-order valence-electron chi connectivity index (χ0n) is 8.44. The lowest BCUT2D eigenvalue weighted by atomic mass is 10.1. The summed E-state index contributed by atoms with van der Waals surface area (Å²) in [7, 11) is 0. The first kappa shape index (κ1) is 11.9. The summed E-state index contributed by atoms with van der Waals surface area (Å²) < 4.78 is 37.2. The molecule has 0 aliphatic heterocycles. The fourth-order valence-corrected chi connectivity index (χ4v) is 2.45. The van der Waals surface area contributed by atoms with Gasteiger partial charge in [-0.15, -0.1) is 0 Å². The van der Waals surface area contributed by atoms with Crippen LogP contribution in [0.25, 0.3) is 0 Å². The molecule has 88 valence electrons. The smallest absolute Gasteiger partial charge is 0.302 e. The topological polar surface area (TPSA) is 12.0 Å². The molecule has 0 saturated carbocycles. The van der Waals surface area contributed by atoms with Crippen LogP contribution >= 0.6 is 15.9 Å². The molecular formula is C11H11BrF3N. The van der Waals surface area contributed by atoms with Gasteiger partial charge in [0.15, 0.2) is 0 Å². The Morgan fingerprint density at radius 2 is 2.12 bits per heavy atom. The van der Waals surface area contributed by atoms with Gasteiger partial charge in [0, 0.05) is 10.5 Å². The first-order valence-electron chi connectivity index (χ1n) is 5.04. The molecule has 0 amide bonds. The average Bonchev–Trinajstić information content (AvgIpc) is 2.56. The van der Waals surface area contributed by atoms with Gasteiger partial charge in [-0.2, -0.15) is 13.2 Å². The Labute approximate surface area is 100 Å². The maximum absolute atomic E-state index is 12.1. The first-order valence-corrected chi connectivity index (χ1v) is 5.83. The van der Waals surface area contributed by atoms with Crippen molar-refractivity contribution in [3.63, 3.8) is 0 Å². The van der Waals surface area contributed by atoms with Crippen molar-refractivity contribution in [3.05, 3.63) is 33.8 Å². The highest BCUT2D eigenvalue weighted by Gasteiger charge is 2.30. The Morgan fingerprint density at radius 1 is 1.38 bits per heavy atom. The van der Waals surface area contributed by atoms with Gasteiger partial charge in [-0.25, -0.2) is 0 Å². The Balaban J connectivity index is 2.06. The standard InChI is InChI=1S/C11H11BrF3N/c12-8-2-3-9-7(5-8)1-4-10(9)16-6-11(13,14)15/h2-3,5,10,16H,1,4,6H2. The van der Waals surface area contributed by atoms with Crippen LogP contribution in [-0.4, -0.2) is 12.7 Å². The van der Waals surface area contributed by atoms with Gasteiger partial charge < -0.3 is 5.32 Å². The lowest BCUT2D eigenvalue weighted by molar-refractivity contribution is -0.126. The van der Waals surface area contributed by atoms with Gasteiger partial charge in [0.1, 0.15) is 0 Å². The Bertz CT molecular complexity index is 389. The number of benzene rings is 1. The molecule has 1 aliphatic carbocycles. The lowest BCUT2D eigenvalue weighted by Crippen LogP contribution is -2.31. The van der Waals surface area contributed by atoms with Crippen LogP contribution in [0, 0.1) is 0 Å². The van der Waals surface area contributed by atoms with Gasteiger partial charge in [0.25, 0.3) is 0 Å². The summed E-state index contributed by atoms with van der Waals surface area (Å²) in [4.78, 5) is 0. The van der Waals surface area contributed by atoms with Crippen LogP contribution in [0.2, 0.25) is 0 Å². The van der Waals surface area contributed by atoms with E-state index < -0.39 is 12.7 Å². The van der Waals surface area contributed by atoms with Crippen molar-refractivity contribution in [2.24, 2.45) is 0 Å². The summed E-state index contributed by atoms with van der Waals surface area (Å²) in [6, 6.07) is 5.57. The van der Waals surface area contributed by atoms with E-state index in [1.165, 1.54) is 0 Å². The van der Waals surface area contributed by atoms with E-state index in [9.17, 15) is 13.2 Å². The quantitative estimate of drug-likeness (QED) is 0.879. The number of fused-ring (bicyclic) bond motifs is 1. The predicted octanol–water partition coefficient (Wildman–Crippen LogP) is 3.59. The molecule has 2 rings (SSSR count). The van der Waals surface area contributed by atoms with E-state index >= 15 is 0 Å². The third-order valence-electron chi connectivity index (χ3n) is 2.73. The summed E-state index contributed by atoms with van der Waals surface area (Å²) in [6.07, 6.45) is -2.57. The molecule has 1 aliphatic rings. The molecule has 1 N–H and O–H groups in total. The van der Waals surface area contributed by atoms with E-state index in [0.29, 0.717) is 0 Å². The molecule has 1 unspecified atom stereocenters. The van der Waals surface area contributed by atoms with Crippen molar-refractivity contribution in [2.45, 2.75) is 25.1 Å². The molecule has 0 bridgehead atoms. The summed E-state index contributed by atoms with van der Waals surface area (Å²) in [5, 5.41) is 2.56. The van der Waals surface area contributed by atoms with E-state index in [-0.39, 0.29) is 6.04 Å².